The molecule has 84 valence electrons. The molecule has 1 unspecified atom stereocenters. The van der Waals surface area contributed by atoms with Crippen molar-refractivity contribution in [2.75, 3.05) is 19.6 Å². The van der Waals surface area contributed by atoms with E-state index in [2.05, 4.69) is 32.6 Å². The van der Waals surface area contributed by atoms with Crippen LogP contribution in [0.3, 0.4) is 0 Å². The van der Waals surface area contributed by atoms with E-state index in [0.717, 1.165) is 19.5 Å². The summed E-state index contributed by atoms with van der Waals surface area (Å²) < 4.78 is 0. The Bertz CT molecular complexity index is 166. The molecule has 0 aliphatic heterocycles. The van der Waals surface area contributed by atoms with Crippen molar-refractivity contribution >= 4 is 5.78 Å². The third-order valence-corrected chi connectivity index (χ3v) is 2.61. The van der Waals surface area contributed by atoms with Gasteiger partial charge in [0, 0.05) is 12.5 Å². The minimum atomic E-state index is 0.219. The zero-order chi connectivity index (χ0) is 11.1. The summed E-state index contributed by atoms with van der Waals surface area (Å²) in [4.78, 5) is 13.9. The van der Waals surface area contributed by atoms with Crippen molar-refractivity contribution in [3.63, 3.8) is 0 Å². The highest BCUT2D eigenvalue weighted by Gasteiger charge is 2.14. The first-order chi connectivity index (χ1) is 6.51. The smallest absolute Gasteiger partial charge is 0.149 e. The monoisotopic (exact) mass is 199 g/mol. The van der Waals surface area contributed by atoms with Crippen LogP contribution in [0.25, 0.3) is 0 Å². The lowest BCUT2D eigenvalue weighted by Gasteiger charge is -2.22. The van der Waals surface area contributed by atoms with Crippen LogP contribution >= 0.6 is 0 Å². The molecular formula is C12H25NO. The van der Waals surface area contributed by atoms with Gasteiger partial charge < -0.3 is 0 Å². The number of likely N-dealkylation sites (N-methyl/N-ethyl adjacent to an activating group) is 1. The minimum Gasteiger partial charge on any atom is -0.298 e. The van der Waals surface area contributed by atoms with Gasteiger partial charge in [0.2, 0.25) is 0 Å². The first kappa shape index (κ1) is 13.6. The van der Waals surface area contributed by atoms with Gasteiger partial charge >= 0.3 is 0 Å². The van der Waals surface area contributed by atoms with Crippen LogP contribution in [0.1, 0.15) is 41.0 Å². The minimum absolute atomic E-state index is 0.219. The fourth-order valence-electron chi connectivity index (χ4n) is 1.43. The van der Waals surface area contributed by atoms with Gasteiger partial charge in [-0.25, -0.2) is 0 Å². The molecule has 0 saturated heterocycles. The lowest BCUT2D eigenvalue weighted by Crippen LogP contribution is -2.34. The zero-order valence-corrected chi connectivity index (χ0v) is 10.3. The topological polar surface area (TPSA) is 20.3 Å². The van der Waals surface area contributed by atoms with Crippen molar-refractivity contribution < 1.29 is 4.79 Å². The van der Waals surface area contributed by atoms with E-state index in [1.165, 1.54) is 0 Å². The Hall–Kier alpha value is -0.370. The SMILES string of the molecule is CCC(C)C(=O)CN(CC)CC(C)C. The molecule has 0 aliphatic carbocycles. The van der Waals surface area contributed by atoms with Crippen LogP contribution in [0.2, 0.25) is 0 Å². The van der Waals surface area contributed by atoms with Gasteiger partial charge in [0.1, 0.15) is 5.78 Å². The lowest BCUT2D eigenvalue weighted by atomic mass is 10.0. The maximum atomic E-state index is 11.7. The number of carbonyl (C=O) groups is 1. The number of carbonyl (C=O) groups excluding carboxylic acids is 1. The Morgan fingerprint density at radius 2 is 1.79 bits per heavy atom. The van der Waals surface area contributed by atoms with E-state index in [-0.39, 0.29) is 5.92 Å². The Morgan fingerprint density at radius 1 is 1.21 bits per heavy atom. The number of hydrogen-bond acceptors (Lipinski definition) is 2. The molecule has 0 saturated carbocycles. The van der Waals surface area contributed by atoms with Gasteiger partial charge in [0.15, 0.2) is 0 Å². The number of Topliss-reactive ketones (excluding diaryl/α,β-unsaturated/α-hetero) is 1. The second-order valence-corrected chi connectivity index (χ2v) is 4.50. The molecule has 2 heteroatoms. The molecule has 14 heavy (non-hydrogen) atoms. The summed E-state index contributed by atoms with van der Waals surface area (Å²) in [6.45, 7) is 13.2. The van der Waals surface area contributed by atoms with E-state index in [1.54, 1.807) is 0 Å². The third-order valence-electron chi connectivity index (χ3n) is 2.61. The molecule has 0 spiro atoms. The molecule has 0 bridgehead atoms. The van der Waals surface area contributed by atoms with Gasteiger partial charge in [-0.05, 0) is 18.9 Å². The van der Waals surface area contributed by atoms with Gasteiger partial charge in [-0.1, -0.05) is 34.6 Å². The fraction of sp³-hybridized carbons (Fsp3) is 0.917. The van der Waals surface area contributed by atoms with Crippen molar-refractivity contribution in [3.8, 4) is 0 Å². The quantitative estimate of drug-likeness (QED) is 0.628. The van der Waals surface area contributed by atoms with Crippen LogP contribution in [0, 0.1) is 11.8 Å². The number of nitrogens with zero attached hydrogens (tertiary/aromatic N) is 1. The maximum absolute atomic E-state index is 11.7. The summed E-state index contributed by atoms with van der Waals surface area (Å²) in [5, 5.41) is 0. The first-order valence-corrected chi connectivity index (χ1v) is 5.76. The van der Waals surface area contributed by atoms with Crippen molar-refractivity contribution in [3.05, 3.63) is 0 Å². The molecular weight excluding hydrogens is 174 g/mol. The molecule has 0 aliphatic rings. The molecule has 2 nitrogen and oxygen atoms in total. The summed E-state index contributed by atoms with van der Waals surface area (Å²) in [5.41, 5.74) is 0. The lowest BCUT2D eigenvalue weighted by molar-refractivity contribution is -0.123. The third kappa shape index (κ3) is 5.38. The molecule has 0 radical (unpaired) electrons. The predicted octanol–water partition coefficient (Wildman–Crippen LogP) is 2.58. The second-order valence-electron chi connectivity index (χ2n) is 4.50. The molecule has 0 rings (SSSR count). The molecule has 0 aromatic carbocycles. The normalized spacial score (nSPS) is 13.6. The second kappa shape index (κ2) is 6.99. The number of rotatable bonds is 7. The zero-order valence-electron chi connectivity index (χ0n) is 10.3. The molecule has 0 heterocycles. The average Bonchev–Trinajstić information content (AvgIpc) is 2.14. The van der Waals surface area contributed by atoms with Crippen LogP contribution in [0.4, 0.5) is 0 Å². The molecule has 0 aromatic heterocycles. The van der Waals surface area contributed by atoms with E-state index in [9.17, 15) is 4.79 Å². The summed E-state index contributed by atoms with van der Waals surface area (Å²) in [5.74, 6) is 1.24. The molecule has 0 aromatic rings. The Morgan fingerprint density at radius 3 is 2.14 bits per heavy atom. The van der Waals surface area contributed by atoms with E-state index in [1.807, 2.05) is 6.92 Å². The largest absolute Gasteiger partial charge is 0.298 e. The van der Waals surface area contributed by atoms with E-state index >= 15 is 0 Å². The van der Waals surface area contributed by atoms with Crippen molar-refractivity contribution in [1.82, 2.24) is 4.90 Å². The average molecular weight is 199 g/mol. The van der Waals surface area contributed by atoms with Crippen molar-refractivity contribution in [2.45, 2.75) is 41.0 Å². The van der Waals surface area contributed by atoms with Crippen LogP contribution in [0.15, 0.2) is 0 Å². The standard InChI is InChI=1S/C12H25NO/c1-6-11(5)12(14)9-13(7-2)8-10(3)4/h10-11H,6-9H2,1-5H3. The van der Waals surface area contributed by atoms with Crippen molar-refractivity contribution in [1.29, 1.82) is 0 Å². The van der Waals surface area contributed by atoms with Gasteiger partial charge in [-0.2, -0.15) is 0 Å². The first-order valence-electron chi connectivity index (χ1n) is 5.76. The summed E-state index contributed by atoms with van der Waals surface area (Å²) >= 11 is 0. The van der Waals surface area contributed by atoms with Gasteiger partial charge in [-0.3, -0.25) is 9.69 Å². The van der Waals surface area contributed by atoms with Gasteiger partial charge in [0.25, 0.3) is 0 Å². The Kier molecular flexibility index (Phi) is 6.81. The predicted molar refractivity (Wildman–Crippen MR) is 61.4 cm³/mol. The maximum Gasteiger partial charge on any atom is 0.149 e. The van der Waals surface area contributed by atoms with E-state index in [0.29, 0.717) is 18.2 Å². The van der Waals surface area contributed by atoms with Crippen LogP contribution in [-0.4, -0.2) is 30.3 Å². The summed E-state index contributed by atoms with van der Waals surface area (Å²) in [7, 11) is 0. The number of ketones is 1. The van der Waals surface area contributed by atoms with E-state index in [4.69, 9.17) is 0 Å². The van der Waals surface area contributed by atoms with Crippen LogP contribution in [-0.2, 0) is 4.79 Å². The molecule has 0 fully saturated rings. The Balaban J connectivity index is 3.98. The highest BCUT2D eigenvalue weighted by Crippen LogP contribution is 2.05. The van der Waals surface area contributed by atoms with Crippen LogP contribution < -0.4 is 0 Å². The highest BCUT2D eigenvalue weighted by molar-refractivity contribution is 5.82. The molecule has 0 N–H and O–H groups in total. The Labute approximate surface area is 88.7 Å². The van der Waals surface area contributed by atoms with E-state index < -0.39 is 0 Å². The highest BCUT2D eigenvalue weighted by atomic mass is 16.1. The van der Waals surface area contributed by atoms with Crippen molar-refractivity contribution in [2.24, 2.45) is 11.8 Å². The number of hydrogen-bond donors (Lipinski definition) is 0. The van der Waals surface area contributed by atoms with Crippen LogP contribution in [0.5, 0.6) is 0 Å². The fourth-order valence-corrected chi connectivity index (χ4v) is 1.43. The summed E-state index contributed by atoms with van der Waals surface area (Å²) in [6, 6.07) is 0. The molecule has 0 amide bonds. The van der Waals surface area contributed by atoms with Gasteiger partial charge in [-0.15, -0.1) is 0 Å². The summed E-state index contributed by atoms with van der Waals surface area (Å²) in [6.07, 6.45) is 0.956. The molecule has 1 atom stereocenters. The van der Waals surface area contributed by atoms with Gasteiger partial charge in [0.05, 0.1) is 6.54 Å².